The topological polar surface area (TPSA) is 96.0 Å². The molecule has 3 rings (SSSR count). The largest absolute Gasteiger partial charge is 0.497 e. The van der Waals surface area contributed by atoms with Crippen LogP contribution in [0.25, 0.3) is 0 Å². The molecule has 0 aliphatic heterocycles. The van der Waals surface area contributed by atoms with Crippen LogP contribution in [0.5, 0.6) is 5.75 Å². The van der Waals surface area contributed by atoms with Crippen LogP contribution in [0.4, 0.5) is 5.69 Å². The highest BCUT2D eigenvalue weighted by atomic mass is 32.2. The van der Waals surface area contributed by atoms with Gasteiger partial charge in [-0.1, -0.05) is 62.6 Å². The van der Waals surface area contributed by atoms with Crippen LogP contribution in [0.2, 0.25) is 0 Å². The third-order valence-corrected chi connectivity index (χ3v) is 8.51. The van der Waals surface area contributed by atoms with Crippen LogP contribution in [0.1, 0.15) is 63.9 Å². The van der Waals surface area contributed by atoms with Gasteiger partial charge < -0.3 is 15.0 Å². The molecule has 1 fully saturated rings. The average Bonchev–Trinajstić information content (AvgIpc) is 2.93. The van der Waals surface area contributed by atoms with E-state index in [1.165, 1.54) is 17.8 Å². The molecule has 1 aliphatic rings. The van der Waals surface area contributed by atoms with Crippen LogP contribution in [-0.2, 0) is 26.0 Å². The second-order valence-corrected chi connectivity index (χ2v) is 12.1. The number of methoxy groups -OCH3 is 1. The monoisotopic (exact) mass is 557 g/mol. The first-order chi connectivity index (χ1) is 18.7. The molecule has 2 aromatic carbocycles. The lowest BCUT2D eigenvalue weighted by Gasteiger charge is -2.33. The van der Waals surface area contributed by atoms with Gasteiger partial charge in [-0.3, -0.25) is 13.9 Å². The van der Waals surface area contributed by atoms with E-state index >= 15 is 0 Å². The molecule has 39 heavy (non-hydrogen) atoms. The minimum absolute atomic E-state index is 0.0973. The summed E-state index contributed by atoms with van der Waals surface area (Å²) in [6, 6.07) is 16.4. The van der Waals surface area contributed by atoms with Crippen molar-refractivity contribution in [2.24, 2.45) is 0 Å². The minimum Gasteiger partial charge on any atom is -0.497 e. The zero-order chi connectivity index (χ0) is 28.3. The average molecular weight is 558 g/mol. The van der Waals surface area contributed by atoms with Crippen molar-refractivity contribution in [2.45, 2.75) is 76.8 Å². The number of benzene rings is 2. The maximum absolute atomic E-state index is 13.6. The summed E-state index contributed by atoms with van der Waals surface area (Å²) < 4.78 is 31.7. The molecule has 1 N–H and O–H groups in total. The first-order valence-corrected chi connectivity index (χ1v) is 15.8. The van der Waals surface area contributed by atoms with E-state index in [2.05, 4.69) is 5.32 Å². The molecule has 1 saturated carbocycles. The normalized spacial score (nSPS) is 14.8. The second-order valence-electron chi connectivity index (χ2n) is 10.2. The molecule has 214 valence electrons. The fraction of sp³-hybridized carbons (Fsp3) is 0.533. The Bertz CT molecular complexity index is 1170. The quantitative estimate of drug-likeness (QED) is 0.368. The van der Waals surface area contributed by atoms with Gasteiger partial charge in [0.05, 0.1) is 19.1 Å². The molecule has 0 bridgehead atoms. The Morgan fingerprint density at radius 2 is 1.74 bits per heavy atom. The van der Waals surface area contributed by atoms with E-state index in [1.54, 1.807) is 29.2 Å². The maximum atomic E-state index is 13.6. The van der Waals surface area contributed by atoms with E-state index < -0.39 is 16.1 Å². The maximum Gasteiger partial charge on any atom is 0.243 e. The highest BCUT2D eigenvalue weighted by Gasteiger charge is 2.30. The van der Waals surface area contributed by atoms with Crippen molar-refractivity contribution in [1.29, 1.82) is 0 Å². The van der Waals surface area contributed by atoms with Crippen molar-refractivity contribution in [2.75, 3.05) is 30.8 Å². The summed E-state index contributed by atoms with van der Waals surface area (Å²) >= 11 is 0. The molecule has 0 saturated heterocycles. The molecule has 0 heterocycles. The van der Waals surface area contributed by atoms with Crippen molar-refractivity contribution in [3.05, 3.63) is 60.2 Å². The summed E-state index contributed by atoms with van der Waals surface area (Å²) in [5.41, 5.74) is 1.59. The number of anilines is 1. The molecular weight excluding hydrogens is 514 g/mol. The van der Waals surface area contributed by atoms with Gasteiger partial charge in [-0.05, 0) is 49.8 Å². The van der Waals surface area contributed by atoms with Crippen LogP contribution in [0.15, 0.2) is 54.6 Å². The Kier molecular flexibility index (Phi) is 11.7. The number of nitrogens with one attached hydrogen (secondary N) is 1. The van der Waals surface area contributed by atoms with Crippen LogP contribution >= 0.6 is 0 Å². The second kappa shape index (κ2) is 14.9. The molecular formula is C30H43N3O5S. The van der Waals surface area contributed by atoms with Crippen molar-refractivity contribution < 1.29 is 22.7 Å². The molecule has 2 amide bonds. The van der Waals surface area contributed by atoms with Crippen LogP contribution in [0, 0.1) is 0 Å². The van der Waals surface area contributed by atoms with Gasteiger partial charge in [0.25, 0.3) is 0 Å². The summed E-state index contributed by atoms with van der Waals surface area (Å²) in [5.74, 6) is 0.315. The van der Waals surface area contributed by atoms with E-state index in [0.717, 1.165) is 37.5 Å². The van der Waals surface area contributed by atoms with Gasteiger partial charge in [0.15, 0.2) is 0 Å². The third-order valence-electron chi connectivity index (χ3n) is 7.32. The van der Waals surface area contributed by atoms with Gasteiger partial charge in [-0.25, -0.2) is 8.42 Å². The number of sulfonamides is 1. The SMILES string of the molecule is CC[C@H](C(=O)NC1CCCCC1)N(CCc1ccccc1)C(=O)CCCN(c1cccc(OC)c1)S(C)(=O)=O. The zero-order valence-corrected chi connectivity index (χ0v) is 24.3. The van der Waals surface area contributed by atoms with E-state index in [-0.39, 0.29) is 30.8 Å². The molecule has 0 unspecified atom stereocenters. The van der Waals surface area contributed by atoms with Gasteiger partial charge in [0.1, 0.15) is 11.8 Å². The Morgan fingerprint density at radius 1 is 1.03 bits per heavy atom. The fourth-order valence-electron chi connectivity index (χ4n) is 5.21. The summed E-state index contributed by atoms with van der Waals surface area (Å²) in [4.78, 5) is 28.6. The van der Waals surface area contributed by atoms with Gasteiger partial charge in [0, 0.05) is 31.6 Å². The fourth-order valence-corrected chi connectivity index (χ4v) is 6.17. The predicted molar refractivity (Wildman–Crippen MR) is 155 cm³/mol. The lowest BCUT2D eigenvalue weighted by molar-refractivity contribution is -0.141. The number of carbonyl (C=O) groups is 2. The van der Waals surface area contributed by atoms with Gasteiger partial charge in [0.2, 0.25) is 21.8 Å². The first kappa shape index (κ1) is 30.5. The molecule has 9 heteroatoms. The van der Waals surface area contributed by atoms with Crippen LogP contribution < -0.4 is 14.4 Å². The Morgan fingerprint density at radius 3 is 2.38 bits per heavy atom. The molecule has 0 radical (unpaired) electrons. The Hall–Kier alpha value is -3.07. The van der Waals surface area contributed by atoms with E-state index in [4.69, 9.17) is 4.74 Å². The number of nitrogens with zero attached hydrogens (tertiary/aromatic N) is 2. The van der Waals surface area contributed by atoms with Crippen molar-refractivity contribution in [3.63, 3.8) is 0 Å². The standard InChI is InChI=1S/C30H43N3O5S/c1-4-28(30(35)31-25-15-9-6-10-16-25)32(22-20-24-13-7-5-8-14-24)29(34)19-12-21-33(39(3,36)37)26-17-11-18-27(23-26)38-2/h5,7-8,11,13-14,17-18,23,25,28H,4,6,9-10,12,15-16,19-22H2,1-3H3,(H,31,35)/t28-/m1/s1. The minimum atomic E-state index is -3.57. The Balaban J connectivity index is 1.72. The van der Waals surface area contributed by atoms with Gasteiger partial charge >= 0.3 is 0 Å². The first-order valence-electron chi connectivity index (χ1n) is 14.0. The lowest BCUT2D eigenvalue weighted by atomic mass is 9.95. The summed E-state index contributed by atoms with van der Waals surface area (Å²) in [6.07, 6.45) is 8.15. The number of rotatable bonds is 14. The highest BCUT2D eigenvalue weighted by molar-refractivity contribution is 7.92. The lowest BCUT2D eigenvalue weighted by Crippen LogP contribution is -2.52. The number of carbonyl (C=O) groups excluding carboxylic acids is 2. The summed E-state index contributed by atoms with van der Waals surface area (Å²) in [5, 5.41) is 3.20. The summed E-state index contributed by atoms with van der Waals surface area (Å²) in [6.45, 7) is 2.50. The van der Waals surface area contributed by atoms with Gasteiger partial charge in [-0.15, -0.1) is 0 Å². The summed E-state index contributed by atoms with van der Waals surface area (Å²) in [7, 11) is -2.04. The molecule has 0 spiro atoms. The van der Waals surface area contributed by atoms with E-state index in [0.29, 0.717) is 37.2 Å². The van der Waals surface area contributed by atoms with Crippen LogP contribution in [0.3, 0.4) is 0 Å². The number of ether oxygens (including phenoxy) is 1. The van der Waals surface area contributed by atoms with Crippen molar-refractivity contribution in [3.8, 4) is 5.75 Å². The van der Waals surface area contributed by atoms with Crippen LogP contribution in [-0.4, -0.2) is 63.7 Å². The molecule has 1 aliphatic carbocycles. The van der Waals surface area contributed by atoms with Gasteiger partial charge in [-0.2, -0.15) is 0 Å². The molecule has 8 nitrogen and oxygen atoms in total. The smallest absolute Gasteiger partial charge is 0.243 e. The van der Waals surface area contributed by atoms with E-state index in [9.17, 15) is 18.0 Å². The van der Waals surface area contributed by atoms with E-state index in [1.807, 2.05) is 37.3 Å². The molecule has 2 aromatic rings. The highest BCUT2D eigenvalue weighted by Crippen LogP contribution is 2.24. The number of hydrogen-bond donors (Lipinski definition) is 1. The molecule has 1 atom stereocenters. The van der Waals surface area contributed by atoms with Crippen molar-refractivity contribution >= 4 is 27.5 Å². The number of amides is 2. The van der Waals surface area contributed by atoms with Crippen molar-refractivity contribution in [1.82, 2.24) is 10.2 Å². The molecule has 0 aromatic heterocycles. The third kappa shape index (κ3) is 9.27. The zero-order valence-electron chi connectivity index (χ0n) is 23.5. The number of hydrogen-bond acceptors (Lipinski definition) is 5. The predicted octanol–water partition coefficient (Wildman–Crippen LogP) is 4.54. The Labute approximate surface area is 233 Å².